The fraction of sp³-hybridized carbons (Fsp3) is 0.800. The zero-order chi connectivity index (χ0) is 11.3. The van der Waals surface area contributed by atoms with Crippen molar-refractivity contribution in [1.82, 2.24) is 9.80 Å². The first kappa shape index (κ1) is 12.1. The van der Waals surface area contributed by atoms with Gasteiger partial charge < -0.3 is 9.64 Å². The quantitative estimate of drug-likeness (QED) is 0.625. The van der Waals surface area contributed by atoms with Gasteiger partial charge >= 0.3 is 0 Å². The number of carbonyl (C=O) groups excluding carboxylic acids is 2. The molecule has 1 heterocycles. The molecule has 0 unspecified atom stereocenters. The molecule has 1 amide bonds. The molecule has 1 fully saturated rings. The molecule has 0 aliphatic carbocycles. The van der Waals surface area contributed by atoms with Crippen molar-refractivity contribution in [2.75, 3.05) is 46.4 Å². The zero-order valence-electron chi connectivity index (χ0n) is 9.36. The molecular formula is C10H18N2O3. The third-order valence-corrected chi connectivity index (χ3v) is 2.44. The van der Waals surface area contributed by atoms with Gasteiger partial charge in [-0.1, -0.05) is 0 Å². The van der Waals surface area contributed by atoms with Crippen LogP contribution in [0.2, 0.25) is 0 Å². The van der Waals surface area contributed by atoms with Crippen LogP contribution in [0, 0.1) is 0 Å². The van der Waals surface area contributed by atoms with E-state index in [9.17, 15) is 9.59 Å². The van der Waals surface area contributed by atoms with Crippen LogP contribution < -0.4 is 0 Å². The second kappa shape index (κ2) is 5.82. The SMILES string of the molecule is COCC(=O)N1CCN(CC(C)=O)CC1. The highest BCUT2D eigenvalue weighted by Crippen LogP contribution is 2.02. The molecule has 0 aromatic carbocycles. The predicted octanol–water partition coefficient (Wildman–Crippen LogP) is -0.634. The molecule has 1 aliphatic heterocycles. The summed E-state index contributed by atoms with van der Waals surface area (Å²) in [5.41, 5.74) is 0. The van der Waals surface area contributed by atoms with Gasteiger partial charge in [0.2, 0.25) is 5.91 Å². The predicted molar refractivity (Wildman–Crippen MR) is 55.6 cm³/mol. The molecular weight excluding hydrogens is 196 g/mol. The number of amides is 1. The minimum absolute atomic E-state index is 0.0278. The van der Waals surface area contributed by atoms with Crippen LogP contribution in [-0.2, 0) is 14.3 Å². The Morgan fingerprint density at radius 1 is 1.20 bits per heavy atom. The fourth-order valence-electron chi connectivity index (χ4n) is 1.69. The summed E-state index contributed by atoms with van der Waals surface area (Å²) in [5.74, 6) is 0.201. The number of ether oxygens (including phenoxy) is 1. The van der Waals surface area contributed by atoms with Crippen LogP contribution in [0.25, 0.3) is 0 Å². The maximum Gasteiger partial charge on any atom is 0.248 e. The van der Waals surface area contributed by atoms with Crippen molar-refractivity contribution in [3.05, 3.63) is 0 Å². The van der Waals surface area contributed by atoms with Gasteiger partial charge in [-0.25, -0.2) is 0 Å². The van der Waals surface area contributed by atoms with Crippen molar-refractivity contribution in [3.8, 4) is 0 Å². The Balaban J connectivity index is 2.29. The van der Waals surface area contributed by atoms with E-state index < -0.39 is 0 Å². The number of methoxy groups -OCH3 is 1. The van der Waals surface area contributed by atoms with Gasteiger partial charge in [-0.05, 0) is 6.92 Å². The van der Waals surface area contributed by atoms with Gasteiger partial charge in [0, 0.05) is 33.3 Å². The number of hydrogen-bond acceptors (Lipinski definition) is 4. The lowest BCUT2D eigenvalue weighted by Crippen LogP contribution is -2.50. The van der Waals surface area contributed by atoms with Crippen molar-refractivity contribution in [3.63, 3.8) is 0 Å². The smallest absolute Gasteiger partial charge is 0.248 e. The van der Waals surface area contributed by atoms with Gasteiger partial charge in [0.05, 0.1) is 6.54 Å². The molecule has 1 aliphatic rings. The standard InChI is InChI=1S/C10H18N2O3/c1-9(13)7-11-3-5-12(6-4-11)10(14)8-15-2/h3-8H2,1-2H3. The van der Waals surface area contributed by atoms with Gasteiger partial charge in [0.15, 0.2) is 0 Å². The van der Waals surface area contributed by atoms with Gasteiger partial charge in [0.1, 0.15) is 12.4 Å². The van der Waals surface area contributed by atoms with Crippen LogP contribution in [-0.4, -0.2) is 67.9 Å². The molecule has 0 aromatic heterocycles. The Bertz CT molecular complexity index is 235. The highest BCUT2D eigenvalue weighted by atomic mass is 16.5. The highest BCUT2D eigenvalue weighted by Gasteiger charge is 2.20. The molecule has 0 N–H and O–H groups in total. The monoisotopic (exact) mass is 214 g/mol. The van der Waals surface area contributed by atoms with E-state index in [1.165, 1.54) is 7.11 Å². The molecule has 15 heavy (non-hydrogen) atoms. The van der Waals surface area contributed by atoms with Crippen molar-refractivity contribution in [2.24, 2.45) is 0 Å². The Morgan fingerprint density at radius 3 is 2.27 bits per heavy atom. The second-order valence-electron chi connectivity index (χ2n) is 3.79. The normalized spacial score (nSPS) is 17.9. The number of ketones is 1. The minimum Gasteiger partial charge on any atom is -0.375 e. The number of hydrogen-bond donors (Lipinski definition) is 0. The third-order valence-electron chi connectivity index (χ3n) is 2.44. The number of Topliss-reactive ketones (excluding diaryl/α,β-unsaturated/α-hetero) is 1. The summed E-state index contributed by atoms with van der Waals surface area (Å²) >= 11 is 0. The number of piperazine rings is 1. The van der Waals surface area contributed by atoms with Gasteiger partial charge in [-0.15, -0.1) is 0 Å². The van der Waals surface area contributed by atoms with Gasteiger partial charge in [-0.3, -0.25) is 14.5 Å². The summed E-state index contributed by atoms with van der Waals surface area (Å²) in [4.78, 5) is 26.2. The molecule has 1 saturated heterocycles. The summed E-state index contributed by atoms with van der Waals surface area (Å²) in [6.07, 6.45) is 0. The molecule has 5 nitrogen and oxygen atoms in total. The van der Waals surface area contributed by atoms with Crippen LogP contribution in [0.1, 0.15) is 6.92 Å². The fourth-order valence-corrected chi connectivity index (χ4v) is 1.69. The highest BCUT2D eigenvalue weighted by molar-refractivity contribution is 5.78. The van der Waals surface area contributed by atoms with E-state index >= 15 is 0 Å². The summed E-state index contributed by atoms with van der Waals surface area (Å²) in [5, 5.41) is 0. The largest absolute Gasteiger partial charge is 0.375 e. The molecule has 0 saturated carbocycles. The van der Waals surface area contributed by atoms with Crippen molar-refractivity contribution >= 4 is 11.7 Å². The Morgan fingerprint density at radius 2 is 1.80 bits per heavy atom. The van der Waals surface area contributed by atoms with Crippen LogP contribution in [0.15, 0.2) is 0 Å². The molecule has 86 valence electrons. The number of carbonyl (C=O) groups is 2. The first-order chi connectivity index (χ1) is 7.13. The average molecular weight is 214 g/mol. The van der Waals surface area contributed by atoms with Crippen LogP contribution in [0.4, 0.5) is 0 Å². The van der Waals surface area contributed by atoms with Crippen molar-refractivity contribution < 1.29 is 14.3 Å². The van der Waals surface area contributed by atoms with E-state index in [0.29, 0.717) is 19.6 Å². The van der Waals surface area contributed by atoms with E-state index in [4.69, 9.17) is 4.74 Å². The van der Waals surface area contributed by atoms with E-state index in [1.807, 2.05) is 0 Å². The molecule has 0 aromatic rings. The zero-order valence-corrected chi connectivity index (χ0v) is 9.36. The van der Waals surface area contributed by atoms with Crippen LogP contribution >= 0.6 is 0 Å². The number of rotatable bonds is 4. The van der Waals surface area contributed by atoms with E-state index in [-0.39, 0.29) is 18.3 Å². The van der Waals surface area contributed by atoms with Crippen LogP contribution in [0.3, 0.4) is 0 Å². The van der Waals surface area contributed by atoms with Gasteiger partial charge in [0.25, 0.3) is 0 Å². The lowest BCUT2D eigenvalue weighted by molar-refractivity contribution is -0.137. The summed E-state index contributed by atoms with van der Waals surface area (Å²) < 4.78 is 4.79. The van der Waals surface area contributed by atoms with Crippen molar-refractivity contribution in [2.45, 2.75) is 6.92 Å². The van der Waals surface area contributed by atoms with Crippen molar-refractivity contribution in [1.29, 1.82) is 0 Å². The van der Waals surface area contributed by atoms with E-state index in [2.05, 4.69) is 4.90 Å². The Hall–Kier alpha value is -0.940. The molecule has 5 heteroatoms. The molecule has 0 bridgehead atoms. The van der Waals surface area contributed by atoms with Gasteiger partial charge in [-0.2, -0.15) is 0 Å². The molecule has 1 rings (SSSR count). The molecule has 0 atom stereocenters. The first-order valence-corrected chi connectivity index (χ1v) is 5.12. The van der Waals surface area contributed by atoms with E-state index in [0.717, 1.165) is 13.1 Å². The van der Waals surface area contributed by atoms with Crippen LogP contribution in [0.5, 0.6) is 0 Å². The lowest BCUT2D eigenvalue weighted by Gasteiger charge is -2.34. The third kappa shape index (κ3) is 3.97. The first-order valence-electron chi connectivity index (χ1n) is 5.12. The second-order valence-corrected chi connectivity index (χ2v) is 3.79. The Labute approximate surface area is 90.0 Å². The Kier molecular flexibility index (Phi) is 4.71. The summed E-state index contributed by atoms with van der Waals surface area (Å²) in [7, 11) is 1.52. The average Bonchev–Trinajstić information content (AvgIpc) is 2.18. The summed E-state index contributed by atoms with van der Waals surface area (Å²) in [6, 6.07) is 0. The number of nitrogens with zero attached hydrogens (tertiary/aromatic N) is 2. The maximum atomic E-state index is 11.4. The lowest BCUT2D eigenvalue weighted by atomic mass is 10.3. The topological polar surface area (TPSA) is 49.9 Å². The minimum atomic E-state index is 0.0278. The van der Waals surface area contributed by atoms with E-state index in [1.54, 1.807) is 11.8 Å². The molecule has 0 spiro atoms. The maximum absolute atomic E-state index is 11.4. The molecule has 0 radical (unpaired) electrons. The summed E-state index contributed by atoms with van der Waals surface area (Å²) in [6.45, 7) is 5.15.